The maximum atomic E-state index is 12.9. The van der Waals surface area contributed by atoms with Gasteiger partial charge in [-0.1, -0.05) is 6.07 Å². The van der Waals surface area contributed by atoms with Crippen LogP contribution in [0, 0.1) is 17.7 Å². The zero-order valence-electron chi connectivity index (χ0n) is 9.50. The fraction of sp³-hybridized carbons (Fsp3) is 0.0769. The zero-order chi connectivity index (χ0) is 13.4. The summed E-state index contributed by atoms with van der Waals surface area (Å²) < 4.78 is 30.9. The number of benzene rings is 2. The second kappa shape index (κ2) is 8.33. The van der Waals surface area contributed by atoms with Gasteiger partial charge in [0.25, 0.3) is 0 Å². The molecule has 0 aromatic heterocycles. The summed E-state index contributed by atoms with van der Waals surface area (Å²) in [5.41, 5.74) is 0.590. The molecule has 18 heavy (non-hydrogen) atoms. The quantitative estimate of drug-likeness (QED) is 0.586. The van der Waals surface area contributed by atoms with Gasteiger partial charge in [0.05, 0.1) is 0 Å². The van der Waals surface area contributed by atoms with Crippen LogP contribution in [-0.4, -0.2) is 0 Å². The third kappa shape index (κ3) is 4.83. The molecule has 0 radical (unpaired) electrons. The molecule has 0 amide bonds. The van der Waals surface area contributed by atoms with Gasteiger partial charge in [0, 0.05) is 5.75 Å². The van der Waals surface area contributed by atoms with Crippen LogP contribution in [0.1, 0.15) is 5.56 Å². The van der Waals surface area contributed by atoms with Crippen molar-refractivity contribution >= 4 is 13.6 Å². The summed E-state index contributed by atoms with van der Waals surface area (Å²) in [5.74, 6) is -1.04. The van der Waals surface area contributed by atoms with E-state index in [2.05, 4.69) is 19.7 Å². The van der Waals surface area contributed by atoms with E-state index in [0.717, 1.165) is 12.1 Å². The van der Waals surface area contributed by atoms with Crippen LogP contribution in [0.5, 0.6) is 5.75 Å². The molecule has 0 unspecified atom stereocenters. The summed E-state index contributed by atoms with van der Waals surface area (Å²) in [6, 6.07) is 13.5. The van der Waals surface area contributed by atoms with Gasteiger partial charge >= 0.3 is 30.0 Å². The van der Waals surface area contributed by atoms with Crippen LogP contribution in [0.15, 0.2) is 42.5 Å². The van der Waals surface area contributed by atoms with Crippen molar-refractivity contribution in [2.24, 2.45) is 0 Å². The molecule has 5 heteroatoms. The molecule has 0 spiro atoms. The summed E-state index contributed by atoms with van der Waals surface area (Å²) in [6.45, 7) is 0.210. The van der Waals surface area contributed by atoms with Crippen LogP contribution in [0.2, 0.25) is 0 Å². The van der Waals surface area contributed by atoms with Gasteiger partial charge in [0.15, 0.2) is 11.6 Å². The minimum absolute atomic E-state index is 0.210. The van der Waals surface area contributed by atoms with E-state index in [9.17, 15) is 8.78 Å². The molecule has 90 valence electrons. The van der Waals surface area contributed by atoms with E-state index in [1.807, 2.05) is 0 Å². The van der Waals surface area contributed by atoms with E-state index >= 15 is 0 Å². The Morgan fingerprint density at radius 2 is 1.72 bits per heavy atom. The molecular weight excluding hydrogens is 355 g/mol. The van der Waals surface area contributed by atoms with Gasteiger partial charge in [-0.25, -0.2) is 8.78 Å². The first-order chi connectivity index (χ1) is 8.75. The summed E-state index contributed by atoms with van der Waals surface area (Å²) in [7, 11) is 0. The van der Waals surface area contributed by atoms with E-state index in [1.165, 1.54) is 22.4 Å². The van der Waals surface area contributed by atoms with Crippen molar-refractivity contribution in [3.8, 4) is 5.75 Å². The molecule has 2 aromatic carbocycles. The second-order valence-corrected chi connectivity index (χ2v) is 3.27. The first-order valence-electron chi connectivity index (χ1n) is 5.05. The predicted octanol–water partition coefficient (Wildman–Crippen LogP) is 4.19. The van der Waals surface area contributed by atoms with Crippen molar-refractivity contribution in [3.63, 3.8) is 0 Å². The normalized spacial score (nSPS) is 9.39. The van der Waals surface area contributed by atoms with Crippen molar-refractivity contribution in [2.45, 2.75) is 6.61 Å². The molecule has 0 aliphatic carbocycles. The van der Waals surface area contributed by atoms with Crippen molar-refractivity contribution in [3.05, 3.63) is 65.7 Å². The molecule has 0 atom stereocenters. The van der Waals surface area contributed by atoms with Crippen LogP contribution >= 0.6 is 13.6 Å². The molecule has 0 aliphatic rings. The van der Waals surface area contributed by atoms with Crippen LogP contribution in [-0.2, 0) is 22.9 Å². The minimum atomic E-state index is -0.859. The Kier molecular flexibility index (Phi) is 7.06. The third-order valence-electron chi connectivity index (χ3n) is 2.08. The molecule has 1 nitrogen and oxygen atoms in total. The average Bonchev–Trinajstić information content (AvgIpc) is 2.44. The summed E-state index contributed by atoms with van der Waals surface area (Å²) in [4.78, 5) is 0. The molecule has 0 saturated carbocycles. The number of hydrogen-bond acceptors (Lipinski definition) is 1. The monoisotopic (exact) mass is 362 g/mol. The first kappa shape index (κ1) is 15.3. The first-order valence-corrected chi connectivity index (χ1v) is 12.0. The fourth-order valence-electron chi connectivity index (χ4n) is 1.26. The van der Waals surface area contributed by atoms with Gasteiger partial charge < -0.3 is 4.74 Å². The van der Waals surface area contributed by atoms with Gasteiger partial charge in [-0.15, -0.1) is 12.1 Å². The molecule has 0 fully saturated rings. The SMILES string of the molecule is Fc1ccc(COc2cc[c-]cc2)cc1F.[Zn+][Br]. The Hall–Kier alpha value is -0.797. The van der Waals surface area contributed by atoms with Crippen LogP contribution in [0.25, 0.3) is 0 Å². The molecule has 0 bridgehead atoms. The Labute approximate surface area is 121 Å². The number of ether oxygens (including phenoxy) is 1. The van der Waals surface area contributed by atoms with Crippen LogP contribution in [0.3, 0.4) is 0 Å². The van der Waals surface area contributed by atoms with E-state index in [0.29, 0.717) is 11.3 Å². The second-order valence-electron chi connectivity index (χ2n) is 3.27. The summed E-state index contributed by atoms with van der Waals surface area (Å²) >= 11 is 4.25. The molecule has 2 aromatic rings. The topological polar surface area (TPSA) is 9.23 Å². The summed E-state index contributed by atoms with van der Waals surface area (Å²) in [5, 5.41) is 0. The van der Waals surface area contributed by atoms with Crippen molar-refractivity contribution < 1.29 is 29.9 Å². The van der Waals surface area contributed by atoms with E-state index < -0.39 is 11.6 Å². The van der Waals surface area contributed by atoms with Gasteiger partial charge in [-0.2, -0.15) is 18.2 Å². The van der Waals surface area contributed by atoms with Gasteiger partial charge in [-0.05, 0) is 17.7 Å². The Balaban J connectivity index is 0.000000771. The van der Waals surface area contributed by atoms with Crippen LogP contribution < -0.4 is 4.74 Å². The predicted molar refractivity (Wildman–Crippen MR) is 64.9 cm³/mol. The van der Waals surface area contributed by atoms with E-state index in [1.54, 1.807) is 24.3 Å². The maximum absolute atomic E-state index is 12.9. The van der Waals surface area contributed by atoms with Crippen molar-refractivity contribution in [1.29, 1.82) is 0 Å². The number of hydrogen-bond donors (Lipinski definition) is 0. The molecule has 0 heterocycles. The van der Waals surface area contributed by atoms with Crippen molar-refractivity contribution in [1.82, 2.24) is 0 Å². The van der Waals surface area contributed by atoms with E-state index in [-0.39, 0.29) is 6.61 Å². The van der Waals surface area contributed by atoms with Crippen LogP contribution in [0.4, 0.5) is 8.78 Å². The van der Waals surface area contributed by atoms with Gasteiger partial charge in [0.1, 0.15) is 6.61 Å². The Morgan fingerprint density at radius 1 is 1.06 bits per heavy atom. The third-order valence-corrected chi connectivity index (χ3v) is 2.08. The average molecular weight is 365 g/mol. The molecule has 0 saturated heterocycles. The Morgan fingerprint density at radius 3 is 2.33 bits per heavy atom. The Bertz CT molecular complexity index is 480. The summed E-state index contributed by atoms with van der Waals surface area (Å²) in [6.07, 6.45) is 0. The molecular formula is C13H9BrF2OZn. The van der Waals surface area contributed by atoms with Gasteiger partial charge in [-0.3, -0.25) is 0 Å². The molecule has 0 aliphatic heterocycles. The fourth-order valence-corrected chi connectivity index (χ4v) is 1.26. The van der Waals surface area contributed by atoms with Gasteiger partial charge in [0.2, 0.25) is 0 Å². The standard InChI is InChI=1S/C13H9F2O.BrH.Zn/c14-12-7-6-10(8-13(12)15)9-16-11-4-2-1-3-5-11;;/h2-8H,9H2;1H;/q-1;;+2/p-1. The van der Waals surface area contributed by atoms with Crippen molar-refractivity contribution in [2.75, 3.05) is 0 Å². The van der Waals surface area contributed by atoms with E-state index in [4.69, 9.17) is 4.74 Å². The molecule has 2 rings (SSSR count). The number of rotatable bonds is 3. The number of halogens is 3. The molecule has 0 N–H and O–H groups in total. The zero-order valence-corrected chi connectivity index (χ0v) is 14.1.